The number of aliphatic hydroxyl groups excluding tert-OH is 2. The van der Waals surface area contributed by atoms with Crippen LogP contribution in [0.25, 0.3) is 0 Å². The Bertz CT molecular complexity index is 1310. The normalized spacial score (nSPS) is 12.7. The van der Waals surface area contributed by atoms with Gasteiger partial charge >= 0.3 is 5.97 Å². The van der Waals surface area contributed by atoms with E-state index >= 15 is 0 Å². The van der Waals surface area contributed by atoms with Crippen LogP contribution in [-0.4, -0.2) is 47.4 Å². The van der Waals surface area contributed by atoms with Gasteiger partial charge in [0, 0.05) is 12.8 Å². The van der Waals surface area contributed by atoms with Crippen molar-refractivity contribution in [1.82, 2.24) is 5.32 Å². The van der Waals surface area contributed by atoms with E-state index in [0.29, 0.717) is 19.4 Å². The van der Waals surface area contributed by atoms with Gasteiger partial charge in [-0.05, 0) is 83.5 Å². The van der Waals surface area contributed by atoms with E-state index in [-0.39, 0.29) is 18.5 Å². The van der Waals surface area contributed by atoms with Crippen LogP contribution >= 0.6 is 0 Å². The Morgan fingerprint density at radius 1 is 0.333 bits per heavy atom. The van der Waals surface area contributed by atoms with Gasteiger partial charge in [0.1, 0.15) is 0 Å². The largest absolute Gasteiger partial charge is 0.466 e. The predicted molar refractivity (Wildman–Crippen MR) is 356 cm³/mol. The number of carbonyl (C=O) groups is 2. The minimum absolute atomic E-state index is 0.0117. The second-order valence-corrected chi connectivity index (χ2v) is 25.3. The third kappa shape index (κ3) is 67.1. The highest BCUT2D eigenvalue weighted by Gasteiger charge is 2.18. The minimum atomic E-state index is -0.847. The first-order chi connectivity index (χ1) is 40.0. The highest BCUT2D eigenvalue weighted by Crippen LogP contribution is 2.18. The van der Waals surface area contributed by atoms with Gasteiger partial charge in [-0.15, -0.1) is 0 Å². The number of aliphatic hydroxyl groups is 2. The van der Waals surface area contributed by atoms with Crippen molar-refractivity contribution in [2.75, 3.05) is 13.2 Å². The summed E-state index contributed by atoms with van der Waals surface area (Å²) < 4.78 is 5.51. The van der Waals surface area contributed by atoms with Crippen LogP contribution in [0.5, 0.6) is 0 Å². The smallest absolute Gasteiger partial charge is 0.305 e. The van der Waals surface area contributed by atoms with Crippen molar-refractivity contribution >= 4 is 11.9 Å². The highest BCUT2D eigenvalue weighted by molar-refractivity contribution is 5.76. The van der Waals surface area contributed by atoms with Gasteiger partial charge in [-0.3, -0.25) is 9.59 Å². The molecule has 0 rings (SSSR count). The van der Waals surface area contributed by atoms with Gasteiger partial charge in [-0.2, -0.15) is 0 Å². The van der Waals surface area contributed by atoms with E-state index in [1.807, 2.05) is 6.08 Å². The van der Waals surface area contributed by atoms with Crippen LogP contribution in [0.4, 0.5) is 0 Å². The Hall–Kier alpha value is -1.92. The Morgan fingerprint density at radius 2 is 0.580 bits per heavy atom. The van der Waals surface area contributed by atoms with Crippen LogP contribution in [0, 0.1) is 0 Å². The van der Waals surface area contributed by atoms with Crippen molar-refractivity contribution in [3.63, 3.8) is 0 Å². The predicted octanol–water partition coefficient (Wildman–Crippen LogP) is 23.9. The molecule has 0 aliphatic heterocycles. The fraction of sp³-hybridized carbons (Fsp3) is 0.893. The molecular formula is C75H143NO5. The SMILES string of the molecule is CCCCCCCCC/C=C\CCCCCCCCCC(=O)OCCCCCCCCCCCCCC/C=C\CCCCCCCCCCCCC(=O)NC(CO)C(O)/C=C/CCCCCCCCCCCCCCCCCCCC. The summed E-state index contributed by atoms with van der Waals surface area (Å²) in [4.78, 5) is 24.6. The molecule has 0 fully saturated rings. The van der Waals surface area contributed by atoms with E-state index in [4.69, 9.17) is 4.74 Å². The summed E-state index contributed by atoms with van der Waals surface area (Å²) in [5, 5.41) is 23.2. The molecule has 3 N–H and O–H groups in total. The van der Waals surface area contributed by atoms with Crippen LogP contribution in [0.15, 0.2) is 36.5 Å². The first-order valence-electron chi connectivity index (χ1n) is 36.8. The van der Waals surface area contributed by atoms with Crippen LogP contribution < -0.4 is 5.32 Å². The van der Waals surface area contributed by atoms with Gasteiger partial charge in [0.2, 0.25) is 5.91 Å². The Balaban J connectivity index is 3.40. The first kappa shape index (κ1) is 79.1. The second kappa shape index (κ2) is 70.6. The average Bonchev–Trinajstić information content (AvgIpc) is 3.47. The number of ether oxygens (including phenoxy) is 1. The van der Waals surface area contributed by atoms with Crippen molar-refractivity contribution in [2.24, 2.45) is 0 Å². The van der Waals surface area contributed by atoms with E-state index < -0.39 is 12.1 Å². The first-order valence-corrected chi connectivity index (χ1v) is 36.8. The molecule has 0 aromatic rings. The standard InChI is InChI=1S/C75H143NO5/c1-3-5-7-9-11-13-15-17-19-21-23-32-35-39-43-47-51-55-59-63-67-73(78)72(71-77)76-74(79)68-64-60-56-52-48-44-40-36-33-30-28-26-24-25-27-29-31-34-38-42-46-50-54-58-62-66-70-81-75(80)69-65-61-57-53-49-45-41-37-22-20-18-16-14-12-10-8-6-4-2/h20,22,24,26,63,67,72-73,77-78H,3-19,21,23,25,27-62,64-66,68-71H2,1-2H3,(H,76,79)/b22-20-,26-24-,67-63+. The van der Waals surface area contributed by atoms with Crippen LogP contribution in [0.3, 0.4) is 0 Å². The molecule has 0 heterocycles. The van der Waals surface area contributed by atoms with Gasteiger partial charge in [0.25, 0.3) is 0 Å². The molecule has 0 spiro atoms. The van der Waals surface area contributed by atoms with E-state index in [1.54, 1.807) is 6.08 Å². The summed E-state index contributed by atoms with van der Waals surface area (Å²) in [6.45, 7) is 4.94. The molecule has 478 valence electrons. The Kier molecular flexibility index (Phi) is 68.9. The van der Waals surface area contributed by atoms with Crippen LogP contribution in [0.1, 0.15) is 406 Å². The molecule has 6 heteroatoms. The maximum Gasteiger partial charge on any atom is 0.305 e. The third-order valence-corrected chi connectivity index (χ3v) is 17.1. The van der Waals surface area contributed by atoms with Crippen molar-refractivity contribution in [3.05, 3.63) is 36.5 Å². The summed E-state index contributed by atoms with van der Waals surface area (Å²) in [5.41, 5.74) is 0. The monoisotopic (exact) mass is 1140 g/mol. The fourth-order valence-corrected chi connectivity index (χ4v) is 11.5. The topological polar surface area (TPSA) is 95.9 Å². The van der Waals surface area contributed by atoms with Crippen molar-refractivity contribution in [2.45, 2.75) is 418 Å². The number of nitrogens with one attached hydrogen (secondary N) is 1. The lowest BCUT2D eigenvalue weighted by Gasteiger charge is -2.20. The molecule has 0 saturated heterocycles. The summed E-state index contributed by atoms with van der Waals surface area (Å²) in [5.74, 6) is -0.0547. The second-order valence-electron chi connectivity index (χ2n) is 25.3. The van der Waals surface area contributed by atoms with Gasteiger partial charge in [0.05, 0.1) is 25.4 Å². The van der Waals surface area contributed by atoms with Gasteiger partial charge in [-0.1, -0.05) is 346 Å². The number of unbranched alkanes of at least 4 members (excludes halogenated alkanes) is 54. The summed E-state index contributed by atoms with van der Waals surface area (Å²) in [7, 11) is 0. The number of carbonyl (C=O) groups excluding carboxylic acids is 2. The third-order valence-electron chi connectivity index (χ3n) is 17.1. The fourth-order valence-electron chi connectivity index (χ4n) is 11.5. The molecule has 6 nitrogen and oxygen atoms in total. The van der Waals surface area contributed by atoms with E-state index in [2.05, 4.69) is 43.5 Å². The molecule has 0 aromatic carbocycles. The number of amides is 1. The lowest BCUT2D eigenvalue weighted by atomic mass is 10.0. The van der Waals surface area contributed by atoms with Crippen LogP contribution in [0.2, 0.25) is 0 Å². The summed E-state index contributed by atoms with van der Waals surface area (Å²) >= 11 is 0. The maximum atomic E-state index is 12.5. The van der Waals surface area contributed by atoms with Gasteiger partial charge in [-0.25, -0.2) is 0 Å². The maximum absolute atomic E-state index is 12.5. The van der Waals surface area contributed by atoms with Gasteiger partial charge < -0.3 is 20.3 Å². The number of allylic oxidation sites excluding steroid dienone is 5. The molecule has 2 atom stereocenters. The molecule has 0 aliphatic carbocycles. The lowest BCUT2D eigenvalue weighted by Crippen LogP contribution is -2.45. The quantitative estimate of drug-likeness (QED) is 0.0320. The van der Waals surface area contributed by atoms with Crippen molar-refractivity contribution < 1.29 is 24.5 Å². The van der Waals surface area contributed by atoms with E-state index in [1.165, 1.54) is 334 Å². The van der Waals surface area contributed by atoms with E-state index in [9.17, 15) is 19.8 Å². The molecule has 81 heavy (non-hydrogen) atoms. The average molecular weight is 1140 g/mol. The zero-order chi connectivity index (χ0) is 58.5. The van der Waals surface area contributed by atoms with E-state index in [0.717, 1.165) is 44.9 Å². The minimum Gasteiger partial charge on any atom is -0.466 e. The molecular weight excluding hydrogens is 995 g/mol. The molecule has 0 bridgehead atoms. The van der Waals surface area contributed by atoms with Crippen molar-refractivity contribution in [1.29, 1.82) is 0 Å². The summed E-state index contributed by atoms with van der Waals surface area (Å²) in [6, 6.07) is -0.631. The lowest BCUT2D eigenvalue weighted by molar-refractivity contribution is -0.143. The number of hydrogen-bond donors (Lipinski definition) is 3. The molecule has 0 aliphatic rings. The zero-order valence-corrected chi connectivity index (χ0v) is 54.8. The Labute approximate surface area is 506 Å². The Morgan fingerprint density at radius 3 is 0.877 bits per heavy atom. The van der Waals surface area contributed by atoms with Gasteiger partial charge in [0.15, 0.2) is 0 Å². The highest BCUT2D eigenvalue weighted by atomic mass is 16.5. The molecule has 1 amide bonds. The summed E-state index contributed by atoms with van der Waals surface area (Å²) in [6.07, 6.45) is 90.9. The number of rotatable bonds is 69. The zero-order valence-electron chi connectivity index (χ0n) is 54.8. The van der Waals surface area contributed by atoms with Crippen molar-refractivity contribution in [3.8, 4) is 0 Å². The number of esters is 1. The molecule has 0 radical (unpaired) electrons. The molecule has 0 saturated carbocycles. The molecule has 2 unspecified atom stereocenters. The number of hydrogen-bond acceptors (Lipinski definition) is 5. The molecule has 0 aromatic heterocycles. The van der Waals surface area contributed by atoms with Crippen LogP contribution in [-0.2, 0) is 14.3 Å².